The van der Waals surface area contributed by atoms with E-state index in [0.717, 1.165) is 45.1 Å². The van der Waals surface area contributed by atoms with Crippen molar-refractivity contribution in [3.8, 4) is 0 Å². The number of piperidine rings is 1. The van der Waals surface area contributed by atoms with Gasteiger partial charge in [0, 0.05) is 44.6 Å². The van der Waals surface area contributed by atoms with Crippen LogP contribution in [-0.2, 0) is 9.53 Å². The number of carbonyl (C=O) groups is 1. The predicted molar refractivity (Wildman–Crippen MR) is 99.4 cm³/mol. The van der Waals surface area contributed by atoms with Gasteiger partial charge in [0.15, 0.2) is 0 Å². The van der Waals surface area contributed by atoms with E-state index < -0.39 is 0 Å². The first-order valence-electron chi connectivity index (χ1n) is 10.7. The van der Waals surface area contributed by atoms with Crippen LogP contribution in [-0.4, -0.2) is 62.1 Å². The van der Waals surface area contributed by atoms with E-state index in [-0.39, 0.29) is 0 Å². The highest BCUT2D eigenvalue weighted by molar-refractivity contribution is 5.79. The summed E-state index contributed by atoms with van der Waals surface area (Å²) in [6, 6.07) is 0. The van der Waals surface area contributed by atoms with E-state index in [1.165, 1.54) is 58.0 Å². The number of nitrogens with zero attached hydrogens (tertiary/aromatic N) is 2. The number of hydrogen-bond acceptors (Lipinski definition) is 3. The first-order chi connectivity index (χ1) is 12.2. The van der Waals surface area contributed by atoms with Crippen LogP contribution in [0.25, 0.3) is 0 Å². The minimum atomic E-state index is 0.326. The molecule has 1 amide bonds. The molecule has 4 aliphatic rings. The van der Waals surface area contributed by atoms with E-state index in [4.69, 9.17) is 4.74 Å². The molecule has 142 valence electrons. The van der Waals surface area contributed by atoms with Crippen LogP contribution in [0.5, 0.6) is 0 Å². The molecule has 1 spiro atoms. The molecule has 0 bridgehead atoms. The fraction of sp³-hybridized carbons (Fsp3) is 0.952. The van der Waals surface area contributed by atoms with Crippen LogP contribution in [0.2, 0.25) is 0 Å². The number of likely N-dealkylation sites (tertiary alicyclic amines) is 2. The van der Waals surface area contributed by atoms with Crippen LogP contribution in [0.3, 0.4) is 0 Å². The van der Waals surface area contributed by atoms with E-state index >= 15 is 0 Å². The van der Waals surface area contributed by atoms with Gasteiger partial charge in [-0.2, -0.15) is 0 Å². The predicted octanol–water partition coefficient (Wildman–Crippen LogP) is 3.16. The van der Waals surface area contributed by atoms with Gasteiger partial charge in [-0.05, 0) is 56.9 Å². The average Bonchev–Trinajstić information content (AvgIpc) is 3.41. The lowest BCUT2D eigenvalue weighted by Gasteiger charge is -2.43. The Kier molecular flexibility index (Phi) is 5.38. The molecule has 4 nitrogen and oxygen atoms in total. The Morgan fingerprint density at radius 3 is 2.44 bits per heavy atom. The normalized spacial score (nSPS) is 30.9. The van der Waals surface area contributed by atoms with Crippen LogP contribution >= 0.6 is 0 Å². The fourth-order valence-electron chi connectivity index (χ4n) is 5.54. The van der Waals surface area contributed by atoms with Crippen molar-refractivity contribution in [2.75, 3.05) is 46.4 Å². The van der Waals surface area contributed by atoms with E-state index in [1.54, 1.807) is 0 Å². The van der Waals surface area contributed by atoms with Gasteiger partial charge in [0.2, 0.25) is 5.91 Å². The maximum absolute atomic E-state index is 12.8. The summed E-state index contributed by atoms with van der Waals surface area (Å²) in [5.74, 6) is 2.29. The lowest BCUT2D eigenvalue weighted by atomic mass is 9.71. The zero-order valence-corrected chi connectivity index (χ0v) is 16.0. The third-order valence-corrected chi connectivity index (χ3v) is 7.38. The lowest BCUT2D eigenvalue weighted by molar-refractivity contribution is -0.139. The Labute approximate surface area is 153 Å². The van der Waals surface area contributed by atoms with Crippen LogP contribution in [0.1, 0.15) is 57.8 Å². The number of amides is 1. The van der Waals surface area contributed by atoms with E-state index in [0.29, 0.717) is 23.2 Å². The summed E-state index contributed by atoms with van der Waals surface area (Å²) in [4.78, 5) is 17.5. The SMILES string of the molecule is CN1CC(COCC2CC2)C2(CCN(C(=O)C3CCCCC3)CC2)C1. The molecule has 0 aromatic heterocycles. The number of rotatable bonds is 5. The highest BCUT2D eigenvalue weighted by Crippen LogP contribution is 2.45. The molecule has 4 rings (SSSR count). The molecule has 25 heavy (non-hydrogen) atoms. The quantitative estimate of drug-likeness (QED) is 0.765. The average molecular weight is 349 g/mol. The standard InChI is InChI=1S/C21H36N2O2/c1-22-13-19(15-25-14-17-7-8-17)21(16-22)9-11-23(12-10-21)20(24)18-5-3-2-4-6-18/h17-19H,2-16H2,1H3. The Hall–Kier alpha value is -0.610. The van der Waals surface area contributed by atoms with Gasteiger partial charge in [0.1, 0.15) is 0 Å². The molecule has 2 aliphatic carbocycles. The molecule has 4 heteroatoms. The van der Waals surface area contributed by atoms with Crippen molar-refractivity contribution in [1.82, 2.24) is 9.80 Å². The minimum Gasteiger partial charge on any atom is -0.381 e. The smallest absolute Gasteiger partial charge is 0.225 e. The summed E-state index contributed by atoms with van der Waals surface area (Å²) in [7, 11) is 2.25. The summed E-state index contributed by atoms with van der Waals surface area (Å²) in [5, 5.41) is 0. The van der Waals surface area contributed by atoms with Crippen molar-refractivity contribution in [3.05, 3.63) is 0 Å². The molecule has 0 N–H and O–H groups in total. The molecule has 0 radical (unpaired) electrons. The van der Waals surface area contributed by atoms with Gasteiger partial charge < -0.3 is 14.5 Å². The zero-order valence-electron chi connectivity index (χ0n) is 16.0. The van der Waals surface area contributed by atoms with Crippen LogP contribution < -0.4 is 0 Å². The second-order valence-corrected chi connectivity index (χ2v) is 9.40. The summed E-state index contributed by atoms with van der Waals surface area (Å²) in [5.41, 5.74) is 0.391. The second kappa shape index (κ2) is 7.56. The maximum Gasteiger partial charge on any atom is 0.225 e. The summed E-state index contributed by atoms with van der Waals surface area (Å²) in [6.07, 6.45) is 11.2. The topological polar surface area (TPSA) is 32.8 Å². The third kappa shape index (κ3) is 4.05. The van der Waals surface area contributed by atoms with Crippen molar-refractivity contribution in [2.24, 2.45) is 23.2 Å². The van der Waals surface area contributed by atoms with Gasteiger partial charge in [-0.25, -0.2) is 0 Å². The first kappa shape index (κ1) is 17.8. The Balaban J connectivity index is 1.30. The molecule has 2 aliphatic heterocycles. The summed E-state index contributed by atoms with van der Waals surface area (Å²) >= 11 is 0. The zero-order chi connectivity index (χ0) is 17.3. The molecule has 4 fully saturated rings. The van der Waals surface area contributed by atoms with Gasteiger partial charge in [0.05, 0.1) is 6.61 Å². The van der Waals surface area contributed by atoms with Gasteiger partial charge in [-0.15, -0.1) is 0 Å². The number of ether oxygens (including phenoxy) is 1. The molecular formula is C21H36N2O2. The molecule has 2 saturated carbocycles. The lowest BCUT2D eigenvalue weighted by Crippen LogP contribution is -2.48. The molecule has 1 atom stereocenters. The van der Waals surface area contributed by atoms with Crippen molar-refractivity contribution < 1.29 is 9.53 Å². The van der Waals surface area contributed by atoms with Crippen LogP contribution in [0.15, 0.2) is 0 Å². The highest BCUT2D eigenvalue weighted by atomic mass is 16.5. The molecule has 2 heterocycles. The Morgan fingerprint density at radius 1 is 1.04 bits per heavy atom. The van der Waals surface area contributed by atoms with Crippen molar-refractivity contribution in [3.63, 3.8) is 0 Å². The Morgan fingerprint density at radius 2 is 1.76 bits per heavy atom. The Bertz CT molecular complexity index is 463. The van der Waals surface area contributed by atoms with E-state index in [2.05, 4.69) is 16.8 Å². The molecule has 0 aromatic carbocycles. The molecular weight excluding hydrogens is 312 g/mol. The van der Waals surface area contributed by atoms with Gasteiger partial charge in [-0.3, -0.25) is 4.79 Å². The third-order valence-electron chi connectivity index (χ3n) is 7.38. The first-order valence-corrected chi connectivity index (χ1v) is 10.7. The fourth-order valence-corrected chi connectivity index (χ4v) is 5.54. The van der Waals surface area contributed by atoms with E-state index in [9.17, 15) is 4.79 Å². The van der Waals surface area contributed by atoms with Gasteiger partial charge in [-0.1, -0.05) is 19.3 Å². The van der Waals surface area contributed by atoms with Crippen LogP contribution in [0, 0.1) is 23.2 Å². The summed E-state index contributed by atoms with van der Waals surface area (Å²) < 4.78 is 6.08. The largest absolute Gasteiger partial charge is 0.381 e. The highest BCUT2D eigenvalue weighted by Gasteiger charge is 2.47. The minimum absolute atomic E-state index is 0.326. The monoisotopic (exact) mass is 348 g/mol. The number of hydrogen-bond donors (Lipinski definition) is 0. The second-order valence-electron chi connectivity index (χ2n) is 9.40. The maximum atomic E-state index is 12.8. The molecule has 0 aromatic rings. The van der Waals surface area contributed by atoms with Crippen molar-refractivity contribution >= 4 is 5.91 Å². The van der Waals surface area contributed by atoms with Crippen molar-refractivity contribution in [1.29, 1.82) is 0 Å². The summed E-state index contributed by atoms with van der Waals surface area (Å²) in [6.45, 7) is 6.21. The van der Waals surface area contributed by atoms with Gasteiger partial charge in [0.25, 0.3) is 0 Å². The van der Waals surface area contributed by atoms with Crippen LogP contribution in [0.4, 0.5) is 0 Å². The number of carbonyl (C=O) groups excluding carboxylic acids is 1. The molecule has 1 unspecified atom stereocenters. The van der Waals surface area contributed by atoms with Crippen molar-refractivity contribution in [2.45, 2.75) is 57.8 Å². The van der Waals surface area contributed by atoms with Gasteiger partial charge >= 0.3 is 0 Å². The molecule has 2 saturated heterocycles. The van der Waals surface area contributed by atoms with E-state index in [1.807, 2.05) is 0 Å².